The second kappa shape index (κ2) is 8.73. The van der Waals surface area contributed by atoms with Gasteiger partial charge in [0, 0.05) is 11.1 Å². The van der Waals surface area contributed by atoms with Crippen molar-refractivity contribution in [2.24, 2.45) is 0 Å². The maximum atomic E-state index is 11.5. The predicted octanol–water partition coefficient (Wildman–Crippen LogP) is 2.03. The first-order valence-electron chi connectivity index (χ1n) is 5.88. The van der Waals surface area contributed by atoms with Crippen molar-refractivity contribution in [3.63, 3.8) is 0 Å². The maximum absolute atomic E-state index is 11.5. The molecule has 7 heteroatoms. The van der Waals surface area contributed by atoms with Gasteiger partial charge in [-0.3, -0.25) is 0 Å². The van der Waals surface area contributed by atoms with E-state index in [4.69, 9.17) is 9.84 Å². The molecule has 0 bridgehead atoms. The van der Waals surface area contributed by atoms with E-state index < -0.39 is 31.0 Å². The summed E-state index contributed by atoms with van der Waals surface area (Å²) in [5.74, 6) is -1.54. The molecule has 0 aromatic heterocycles. The molecule has 1 atom stereocenters. The molecule has 0 saturated carbocycles. The molecule has 112 valence electrons. The Kier molecular flexibility index (Phi) is 7.72. The molecule has 0 aliphatic rings. The van der Waals surface area contributed by atoms with Crippen LogP contribution in [0, 0.1) is 0 Å². The quantitative estimate of drug-likeness (QED) is 0.414. The molecule has 0 amide bonds. The molecule has 0 fully saturated rings. The molecule has 0 spiro atoms. The van der Waals surface area contributed by atoms with E-state index in [2.05, 4.69) is 22.6 Å². The molecule has 1 unspecified atom stereocenters. The van der Waals surface area contributed by atoms with Crippen molar-refractivity contribution in [3.8, 4) is 0 Å². The lowest BCUT2D eigenvalue weighted by Crippen LogP contribution is -2.30. The first kappa shape index (κ1) is 17.7. The van der Waals surface area contributed by atoms with Crippen molar-refractivity contribution in [3.05, 3.63) is 24.3 Å². The van der Waals surface area contributed by atoms with E-state index in [1.54, 1.807) is 0 Å². The third-order valence-corrected chi connectivity index (χ3v) is 2.01. The Hall–Kier alpha value is -2.31. The number of carbonyl (C=O) groups excluding carboxylic acids is 2. The van der Waals surface area contributed by atoms with Gasteiger partial charge in [-0.25, -0.2) is 14.4 Å². The van der Waals surface area contributed by atoms with Crippen LogP contribution in [0.15, 0.2) is 24.3 Å². The van der Waals surface area contributed by atoms with Crippen molar-refractivity contribution in [2.75, 3.05) is 6.61 Å². The van der Waals surface area contributed by atoms with E-state index in [0.29, 0.717) is 12.8 Å². The van der Waals surface area contributed by atoms with Gasteiger partial charge >= 0.3 is 18.1 Å². The zero-order chi connectivity index (χ0) is 15.7. The summed E-state index contributed by atoms with van der Waals surface area (Å²) in [6.45, 7) is 9.55. The fourth-order valence-electron chi connectivity index (χ4n) is 1.07. The molecule has 1 N–H and O–H groups in total. The summed E-state index contributed by atoms with van der Waals surface area (Å²) in [5, 5.41) is 8.50. The maximum Gasteiger partial charge on any atom is 0.509 e. The molecular weight excluding hydrogens is 268 g/mol. The Morgan fingerprint density at radius 1 is 1.15 bits per heavy atom. The highest BCUT2D eigenvalue weighted by atomic mass is 16.8. The van der Waals surface area contributed by atoms with Crippen LogP contribution in [-0.4, -0.2) is 36.1 Å². The van der Waals surface area contributed by atoms with Gasteiger partial charge in [-0.15, -0.1) is 0 Å². The highest BCUT2D eigenvalue weighted by Gasteiger charge is 2.21. The average molecular weight is 286 g/mol. The summed E-state index contributed by atoms with van der Waals surface area (Å²) >= 11 is 0. The molecule has 20 heavy (non-hydrogen) atoms. The lowest BCUT2D eigenvalue weighted by Gasteiger charge is -2.16. The van der Waals surface area contributed by atoms with E-state index in [1.165, 1.54) is 6.92 Å². The van der Waals surface area contributed by atoms with Crippen molar-refractivity contribution in [2.45, 2.75) is 33.0 Å². The monoisotopic (exact) mass is 286 g/mol. The predicted molar refractivity (Wildman–Crippen MR) is 68.8 cm³/mol. The van der Waals surface area contributed by atoms with Gasteiger partial charge in [0.2, 0.25) is 0 Å². The van der Waals surface area contributed by atoms with Gasteiger partial charge in [0.1, 0.15) is 0 Å². The van der Waals surface area contributed by atoms with Crippen molar-refractivity contribution in [1.82, 2.24) is 0 Å². The Bertz CT molecular complexity index is 411. The summed E-state index contributed by atoms with van der Waals surface area (Å²) in [6, 6.07) is 0. The smallest absolute Gasteiger partial charge is 0.454 e. The number of esters is 2. The summed E-state index contributed by atoms with van der Waals surface area (Å²) in [6.07, 6.45) is -2.04. The summed E-state index contributed by atoms with van der Waals surface area (Å²) < 4.78 is 13.7. The largest absolute Gasteiger partial charge is 0.509 e. The van der Waals surface area contributed by atoms with Gasteiger partial charge in [-0.05, 0) is 13.3 Å². The summed E-state index contributed by atoms with van der Waals surface area (Å²) in [7, 11) is 0. The van der Waals surface area contributed by atoms with Crippen molar-refractivity contribution in [1.29, 1.82) is 0 Å². The molecule has 0 aliphatic carbocycles. The number of hydrogen-bond acceptors (Lipinski definition) is 6. The van der Waals surface area contributed by atoms with Crippen LogP contribution in [0.5, 0.6) is 0 Å². The normalized spacial score (nSPS) is 11.1. The van der Waals surface area contributed by atoms with Gasteiger partial charge < -0.3 is 19.3 Å². The minimum Gasteiger partial charge on any atom is -0.454 e. The SMILES string of the molecule is C=C(C)C(=O)OC(COC(=O)C(=C)CCC)OC(=O)O. The van der Waals surface area contributed by atoms with Gasteiger partial charge in [-0.1, -0.05) is 26.5 Å². The van der Waals surface area contributed by atoms with Crippen LogP contribution in [0.4, 0.5) is 4.79 Å². The van der Waals surface area contributed by atoms with Gasteiger partial charge in [0.05, 0.1) is 0 Å². The van der Waals surface area contributed by atoms with E-state index in [0.717, 1.165) is 0 Å². The molecule has 0 heterocycles. The minimum atomic E-state index is -1.66. The molecular formula is C13H18O7. The van der Waals surface area contributed by atoms with Gasteiger partial charge in [0.25, 0.3) is 6.29 Å². The fraction of sp³-hybridized carbons (Fsp3) is 0.462. The van der Waals surface area contributed by atoms with Crippen LogP contribution in [-0.2, 0) is 23.8 Å². The molecule has 0 rings (SSSR count). The third kappa shape index (κ3) is 7.20. The Morgan fingerprint density at radius 2 is 1.75 bits per heavy atom. The zero-order valence-corrected chi connectivity index (χ0v) is 11.5. The Morgan fingerprint density at radius 3 is 2.20 bits per heavy atom. The fourth-order valence-corrected chi connectivity index (χ4v) is 1.07. The average Bonchev–Trinajstić information content (AvgIpc) is 2.34. The lowest BCUT2D eigenvalue weighted by molar-refractivity contribution is -0.179. The van der Waals surface area contributed by atoms with E-state index in [1.807, 2.05) is 6.92 Å². The number of carbonyl (C=O) groups is 3. The number of ether oxygens (including phenoxy) is 3. The summed E-state index contributed by atoms with van der Waals surface area (Å²) in [5.41, 5.74) is 0.304. The zero-order valence-electron chi connectivity index (χ0n) is 11.5. The summed E-state index contributed by atoms with van der Waals surface area (Å²) in [4.78, 5) is 33.2. The Labute approximate surface area is 116 Å². The first-order chi connectivity index (χ1) is 9.27. The second-order valence-corrected chi connectivity index (χ2v) is 3.95. The number of hydrogen-bond donors (Lipinski definition) is 1. The van der Waals surface area contributed by atoms with Crippen molar-refractivity contribution < 1.29 is 33.7 Å². The Balaban J connectivity index is 4.47. The lowest BCUT2D eigenvalue weighted by atomic mass is 10.2. The van der Waals surface area contributed by atoms with Crippen LogP contribution in [0.1, 0.15) is 26.7 Å². The number of carboxylic acid groups (broad SMARTS) is 1. The van der Waals surface area contributed by atoms with Crippen LogP contribution >= 0.6 is 0 Å². The second-order valence-electron chi connectivity index (χ2n) is 3.95. The molecule has 0 aromatic rings. The highest BCUT2D eigenvalue weighted by molar-refractivity contribution is 5.88. The standard InChI is InChI=1S/C13H18O7/c1-5-6-9(4)12(15)18-7-10(20-13(16)17)19-11(14)8(2)3/h10H,2,4-7H2,1,3H3,(H,16,17). The molecule has 7 nitrogen and oxygen atoms in total. The van der Waals surface area contributed by atoms with E-state index >= 15 is 0 Å². The highest BCUT2D eigenvalue weighted by Crippen LogP contribution is 2.07. The molecule has 0 aliphatic heterocycles. The van der Waals surface area contributed by atoms with E-state index in [9.17, 15) is 14.4 Å². The first-order valence-corrected chi connectivity index (χ1v) is 5.88. The van der Waals surface area contributed by atoms with Crippen molar-refractivity contribution >= 4 is 18.1 Å². The topological polar surface area (TPSA) is 99.1 Å². The molecule has 0 aromatic carbocycles. The van der Waals surface area contributed by atoms with Crippen LogP contribution < -0.4 is 0 Å². The van der Waals surface area contributed by atoms with Gasteiger partial charge in [-0.2, -0.15) is 0 Å². The minimum absolute atomic E-state index is 0.0608. The van der Waals surface area contributed by atoms with E-state index in [-0.39, 0.29) is 11.1 Å². The third-order valence-electron chi connectivity index (χ3n) is 2.01. The van der Waals surface area contributed by atoms with Crippen LogP contribution in [0.3, 0.4) is 0 Å². The van der Waals surface area contributed by atoms with Gasteiger partial charge in [0.15, 0.2) is 6.61 Å². The molecule has 0 saturated heterocycles. The van der Waals surface area contributed by atoms with Crippen LogP contribution in [0.2, 0.25) is 0 Å². The molecule has 0 radical (unpaired) electrons. The number of rotatable bonds is 8. The van der Waals surface area contributed by atoms with Crippen LogP contribution in [0.25, 0.3) is 0 Å².